The number of hydrogen-bond donors (Lipinski definition) is 1. The Morgan fingerprint density at radius 2 is 2.15 bits per heavy atom. The van der Waals surface area contributed by atoms with Crippen LogP contribution in [0.4, 0.5) is 0 Å². The van der Waals surface area contributed by atoms with Crippen LogP contribution in [-0.2, 0) is 0 Å². The summed E-state index contributed by atoms with van der Waals surface area (Å²) in [4.78, 5) is 2.28. The molecule has 0 saturated heterocycles. The summed E-state index contributed by atoms with van der Waals surface area (Å²) in [6, 6.07) is 0. The smallest absolute Gasteiger partial charge is 0.168 e. The molecule has 2 nitrogen and oxygen atoms in total. The Morgan fingerprint density at radius 3 is 2.62 bits per heavy atom. The third kappa shape index (κ3) is 3.94. The molecule has 1 aliphatic carbocycles. The average Bonchev–Trinajstić information content (AvgIpc) is 2.93. The molecule has 0 aromatic heterocycles. The molecule has 1 rings (SSSR count). The van der Waals surface area contributed by atoms with Crippen molar-refractivity contribution in [1.82, 2.24) is 10.2 Å². The van der Waals surface area contributed by atoms with Gasteiger partial charge in [0.2, 0.25) is 0 Å². The highest BCUT2D eigenvalue weighted by atomic mass is 32.1. The van der Waals surface area contributed by atoms with E-state index in [2.05, 4.69) is 24.1 Å². The minimum absolute atomic E-state index is 0.918. The first kappa shape index (κ1) is 10.8. The van der Waals surface area contributed by atoms with Gasteiger partial charge in [-0.15, -0.1) is 0 Å². The van der Waals surface area contributed by atoms with Gasteiger partial charge < -0.3 is 10.2 Å². The molecule has 0 spiro atoms. The van der Waals surface area contributed by atoms with Gasteiger partial charge in [-0.2, -0.15) is 0 Å². The van der Waals surface area contributed by atoms with Crippen LogP contribution in [0.5, 0.6) is 0 Å². The van der Waals surface area contributed by atoms with E-state index in [0.29, 0.717) is 0 Å². The molecular formula is C10H20N2S. The van der Waals surface area contributed by atoms with Crippen LogP contribution in [0.2, 0.25) is 0 Å². The van der Waals surface area contributed by atoms with E-state index < -0.39 is 0 Å². The van der Waals surface area contributed by atoms with Crippen LogP contribution >= 0.6 is 12.2 Å². The lowest BCUT2D eigenvalue weighted by molar-refractivity contribution is 0.412. The zero-order chi connectivity index (χ0) is 9.68. The van der Waals surface area contributed by atoms with Gasteiger partial charge >= 0.3 is 0 Å². The fourth-order valence-electron chi connectivity index (χ4n) is 1.31. The minimum atomic E-state index is 0.918. The predicted molar refractivity (Wildman–Crippen MR) is 60.9 cm³/mol. The number of hydrogen-bond acceptors (Lipinski definition) is 1. The van der Waals surface area contributed by atoms with Crippen molar-refractivity contribution < 1.29 is 0 Å². The molecule has 1 saturated carbocycles. The number of thiocarbonyl (C=S) groups is 1. The standard InChI is InChI=1S/C10H20N2S/c1-3-7-11-10(13)12(4-2)8-9-5-6-9/h9H,3-8H2,1-2H3,(H,11,13). The molecule has 0 unspecified atom stereocenters. The van der Waals surface area contributed by atoms with Gasteiger partial charge in [-0.25, -0.2) is 0 Å². The molecule has 0 aliphatic heterocycles. The van der Waals surface area contributed by atoms with E-state index in [4.69, 9.17) is 12.2 Å². The van der Waals surface area contributed by atoms with E-state index in [0.717, 1.165) is 37.1 Å². The first-order chi connectivity index (χ1) is 6.27. The van der Waals surface area contributed by atoms with Crippen molar-refractivity contribution >= 4 is 17.3 Å². The van der Waals surface area contributed by atoms with Crippen molar-refractivity contribution in [2.45, 2.75) is 33.1 Å². The maximum atomic E-state index is 5.30. The van der Waals surface area contributed by atoms with Crippen molar-refractivity contribution in [3.05, 3.63) is 0 Å². The Labute approximate surface area is 86.7 Å². The fraction of sp³-hybridized carbons (Fsp3) is 0.900. The van der Waals surface area contributed by atoms with Crippen LogP contribution in [0.1, 0.15) is 33.1 Å². The monoisotopic (exact) mass is 200 g/mol. The van der Waals surface area contributed by atoms with E-state index in [1.54, 1.807) is 0 Å². The summed E-state index contributed by atoms with van der Waals surface area (Å²) >= 11 is 5.30. The highest BCUT2D eigenvalue weighted by Crippen LogP contribution is 2.29. The summed E-state index contributed by atoms with van der Waals surface area (Å²) in [5.74, 6) is 0.918. The normalized spacial score (nSPS) is 15.5. The largest absolute Gasteiger partial charge is 0.363 e. The van der Waals surface area contributed by atoms with Gasteiger partial charge in [0.1, 0.15) is 0 Å². The molecule has 13 heavy (non-hydrogen) atoms. The summed E-state index contributed by atoms with van der Waals surface area (Å²) in [5, 5.41) is 4.21. The second-order valence-corrected chi connectivity index (χ2v) is 4.10. The van der Waals surface area contributed by atoms with Gasteiger partial charge in [0.15, 0.2) is 5.11 Å². The Morgan fingerprint density at radius 1 is 1.46 bits per heavy atom. The van der Waals surface area contributed by atoms with Crippen molar-refractivity contribution in [1.29, 1.82) is 0 Å². The van der Waals surface area contributed by atoms with Crippen LogP contribution in [0, 0.1) is 5.92 Å². The van der Waals surface area contributed by atoms with E-state index in [9.17, 15) is 0 Å². The minimum Gasteiger partial charge on any atom is -0.363 e. The second-order valence-electron chi connectivity index (χ2n) is 3.71. The molecule has 1 N–H and O–H groups in total. The molecule has 0 aromatic carbocycles. The van der Waals surface area contributed by atoms with Gasteiger partial charge in [-0.1, -0.05) is 6.92 Å². The van der Waals surface area contributed by atoms with Crippen LogP contribution in [0.15, 0.2) is 0 Å². The zero-order valence-corrected chi connectivity index (χ0v) is 9.49. The zero-order valence-electron chi connectivity index (χ0n) is 8.68. The molecule has 0 bridgehead atoms. The highest BCUT2D eigenvalue weighted by molar-refractivity contribution is 7.80. The van der Waals surface area contributed by atoms with Gasteiger partial charge in [-0.05, 0) is 44.3 Å². The van der Waals surface area contributed by atoms with Crippen molar-refractivity contribution in [2.75, 3.05) is 19.6 Å². The molecule has 0 aromatic rings. The van der Waals surface area contributed by atoms with Gasteiger partial charge in [-0.3, -0.25) is 0 Å². The van der Waals surface area contributed by atoms with Gasteiger partial charge in [0.25, 0.3) is 0 Å². The average molecular weight is 200 g/mol. The summed E-state index contributed by atoms with van der Waals surface area (Å²) in [7, 11) is 0. The number of nitrogens with one attached hydrogen (secondary N) is 1. The molecule has 0 amide bonds. The number of nitrogens with zero attached hydrogens (tertiary/aromatic N) is 1. The quantitative estimate of drug-likeness (QED) is 0.683. The molecule has 76 valence electrons. The maximum Gasteiger partial charge on any atom is 0.168 e. The molecule has 0 heterocycles. The molecule has 1 fully saturated rings. The molecule has 1 aliphatic rings. The van der Waals surface area contributed by atoms with Crippen molar-refractivity contribution in [3.63, 3.8) is 0 Å². The molecule has 3 heteroatoms. The predicted octanol–water partition coefficient (Wildman–Crippen LogP) is 2.00. The summed E-state index contributed by atoms with van der Waals surface area (Å²) in [5.41, 5.74) is 0. The van der Waals surface area contributed by atoms with E-state index in [1.807, 2.05) is 0 Å². The van der Waals surface area contributed by atoms with E-state index in [1.165, 1.54) is 12.8 Å². The van der Waals surface area contributed by atoms with Crippen LogP contribution in [0.3, 0.4) is 0 Å². The Bertz CT molecular complexity index is 166. The lowest BCUT2D eigenvalue weighted by atomic mass is 10.4. The van der Waals surface area contributed by atoms with Crippen LogP contribution in [-0.4, -0.2) is 29.6 Å². The topological polar surface area (TPSA) is 15.3 Å². The highest BCUT2D eigenvalue weighted by Gasteiger charge is 2.24. The first-order valence-electron chi connectivity index (χ1n) is 5.30. The summed E-state index contributed by atoms with van der Waals surface area (Å²) in [6.45, 7) is 7.52. The maximum absolute atomic E-state index is 5.30. The van der Waals surface area contributed by atoms with Crippen molar-refractivity contribution in [3.8, 4) is 0 Å². The van der Waals surface area contributed by atoms with Gasteiger partial charge in [0.05, 0.1) is 0 Å². The lowest BCUT2D eigenvalue weighted by Crippen LogP contribution is -2.40. The molecular weight excluding hydrogens is 180 g/mol. The summed E-state index contributed by atoms with van der Waals surface area (Å²) in [6.07, 6.45) is 3.93. The lowest BCUT2D eigenvalue weighted by Gasteiger charge is -2.24. The van der Waals surface area contributed by atoms with Crippen LogP contribution in [0.25, 0.3) is 0 Å². The van der Waals surface area contributed by atoms with E-state index in [-0.39, 0.29) is 0 Å². The molecule has 0 radical (unpaired) electrons. The Kier molecular flexibility index (Phi) is 4.50. The molecule has 0 atom stereocenters. The third-order valence-corrected chi connectivity index (χ3v) is 2.77. The number of rotatable bonds is 5. The summed E-state index contributed by atoms with van der Waals surface area (Å²) < 4.78 is 0. The second kappa shape index (κ2) is 5.43. The Balaban J connectivity index is 2.21. The SMILES string of the molecule is CCCNC(=S)N(CC)CC1CC1. The first-order valence-corrected chi connectivity index (χ1v) is 5.71. The Hall–Kier alpha value is -0.310. The van der Waals surface area contributed by atoms with Gasteiger partial charge in [0, 0.05) is 19.6 Å². The fourth-order valence-corrected chi connectivity index (χ4v) is 1.62. The van der Waals surface area contributed by atoms with Crippen LogP contribution < -0.4 is 5.32 Å². The van der Waals surface area contributed by atoms with Crippen molar-refractivity contribution in [2.24, 2.45) is 5.92 Å². The third-order valence-electron chi connectivity index (χ3n) is 2.37. The van der Waals surface area contributed by atoms with E-state index >= 15 is 0 Å².